The molecule has 0 aromatic carbocycles. The maximum Gasteiger partial charge on any atom is 0.222 e. The Hall–Kier alpha value is -2.11. The van der Waals surface area contributed by atoms with Gasteiger partial charge in [-0.25, -0.2) is 4.98 Å². The van der Waals surface area contributed by atoms with Crippen LogP contribution in [-0.2, 0) is 16.1 Å². The molecule has 6 heteroatoms. The highest BCUT2D eigenvalue weighted by atomic mass is 16.5. The van der Waals surface area contributed by atoms with Crippen LogP contribution in [0.4, 0.5) is 0 Å². The topological polar surface area (TPSA) is 62.7 Å². The summed E-state index contributed by atoms with van der Waals surface area (Å²) in [7, 11) is 1.82. The number of piperidine rings is 1. The number of hydrogen-bond donors (Lipinski definition) is 0. The molecule has 2 heterocycles. The summed E-state index contributed by atoms with van der Waals surface area (Å²) in [5.41, 5.74) is 0.918. The van der Waals surface area contributed by atoms with Crippen molar-refractivity contribution in [2.45, 2.75) is 39.7 Å². The van der Waals surface area contributed by atoms with Crippen molar-refractivity contribution in [3.05, 3.63) is 23.9 Å². The van der Waals surface area contributed by atoms with E-state index in [0.29, 0.717) is 31.4 Å². The Morgan fingerprint density at radius 1 is 1.38 bits per heavy atom. The summed E-state index contributed by atoms with van der Waals surface area (Å²) >= 11 is 0. The fourth-order valence-corrected chi connectivity index (χ4v) is 3.01. The summed E-state index contributed by atoms with van der Waals surface area (Å²) in [6.07, 6.45) is 4.03. The summed E-state index contributed by atoms with van der Waals surface area (Å²) in [5, 5.41) is 0. The van der Waals surface area contributed by atoms with Gasteiger partial charge in [-0.15, -0.1) is 0 Å². The molecule has 1 aromatic rings. The second-order valence-corrected chi connectivity index (χ2v) is 6.30. The third-order valence-electron chi connectivity index (χ3n) is 4.49. The van der Waals surface area contributed by atoms with Gasteiger partial charge in [0.05, 0.1) is 13.2 Å². The maximum atomic E-state index is 12.5. The number of likely N-dealkylation sites (tertiary alicyclic amines) is 1. The van der Waals surface area contributed by atoms with Crippen molar-refractivity contribution < 1.29 is 14.3 Å². The lowest BCUT2D eigenvalue weighted by Crippen LogP contribution is -2.38. The number of nitrogens with zero attached hydrogens (tertiary/aromatic N) is 3. The Balaban J connectivity index is 1.86. The van der Waals surface area contributed by atoms with Crippen LogP contribution in [0.25, 0.3) is 0 Å². The van der Waals surface area contributed by atoms with Crippen LogP contribution < -0.4 is 4.74 Å². The predicted molar refractivity (Wildman–Crippen MR) is 91.5 cm³/mol. The zero-order valence-corrected chi connectivity index (χ0v) is 14.8. The second-order valence-electron chi connectivity index (χ2n) is 6.30. The lowest BCUT2D eigenvalue weighted by molar-refractivity contribution is -0.132. The van der Waals surface area contributed by atoms with Gasteiger partial charge in [-0.3, -0.25) is 9.59 Å². The minimum absolute atomic E-state index is 0.122. The van der Waals surface area contributed by atoms with Gasteiger partial charge in [-0.05, 0) is 31.7 Å². The zero-order chi connectivity index (χ0) is 17.5. The van der Waals surface area contributed by atoms with Gasteiger partial charge in [0.25, 0.3) is 0 Å². The summed E-state index contributed by atoms with van der Waals surface area (Å²) in [6, 6.07) is 3.79. The Morgan fingerprint density at radius 3 is 2.71 bits per heavy atom. The normalized spacial score (nSPS) is 15.2. The number of ether oxygens (including phenoxy) is 1. The Labute approximate surface area is 143 Å². The van der Waals surface area contributed by atoms with Gasteiger partial charge in [0.1, 0.15) is 0 Å². The molecule has 132 valence electrons. The molecule has 1 aliphatic heterocycles. The molecular weight excluding hydrogens is 306 g/mol. The van der Waals surface area contributed by atoms with Crippen molar-refractivity contribution in [1.29, 1.82) is 0 Å². The van der Waals surface area contributed by atoms with Crippen LogP contribution in [-0.4, -0.2) is 53.3 Å². The summed E-state index contributed by atoms with van der Waals surface area (Å²) in [4.78, 5) is 31.7. The second kappa shape index (κ2) is 8.66. The minimum Gasteiger partial charge on any atom is -0.478 e. The van der Waals surface area contributed by atoms with E-state index in [4.69, 9.17) is 4.74 Å². The molecule has 6 nitrogen and oxygen atoms in total. The Kier molecular flexibility index (Phi) is 6.58. The zero-order valence-electron chi connectivity index (χ0n) is 14.8. The average Bonchev–Trinajstić information content (AvgIpc) is 2.57. The van der Waals surface area contributed by atoms with Crippen LogP contribution in [0.15, 0.2) is 18.3 Å². The molecule has 24 heavy (non-hydrogen) atoms. The van der Waals surface area contributed by atoms with Crippen molar-refractivity contribution in [3.63, 3.8) is 0 Å². The molecule has 1 fully saturated rings. The molecule has 0 spiro atoms. The molecule has 0 unspecified atom stereocenters. The van der Waals surface area contributed by atoms with Crippen molar-refractivity contribution >= 4 is 11.8 Å². The lowest BCUT2D eigenvalue weighted by Gasteiger charge is -2.31. The number of hydrogen-bond acceptors (Lipinski definition) is 4. The molecule has 0 atom stereocenters. The first-order valence-electron chi connectivity index (χ1n) is 8.57. The third kappa shape index (κ3) is 4.94. The van der Waals surface area contributed by atoms with Gasteiger partial charge < -0.3 is 14.5 Å². The standard InChI is InChI=1S/C18H27N3O3/c1-4-24-18-16(6-5-9-19-18)13-20(3)17(23)12-15-7-10-21(11-8-15)14(2)22/h5-6,9,15H,4,7-8,10-13H2,1-3H3. The van der Waals surface area contributed by atoms with E-state index in [1.54, 1.807) is 18.0 Å². The van der Waals surface area contributed by atoms with Gasteiger partial charge in [0, 0.05) is 45.2 Å². The third-order valence-corrected chi connectivity index (χ3v) is 4.49. The van der Waals surface area contributed by atoms with E-state index < -0.39 is 0 Å². The van der Waals surface area contributed by atoms with E-state index in [0.717, 1.165) is 31.5 Å². The molecule has 1 aliphatic rings. The lowest BCUT2D eigenvalue weighted by atomic mass is 9.93. The van der Waals surface area contributed by atoms with Gasteiger partial charge in [0.15, 0.2) is 0 Å². The van der Waals surface area contributed by atoms with Crippen LogP contribution >= 0.6 is 0 Å². The number of carbonyl (C=O) groups excluding carboxylic acids is 2. The largest absolute Gasteiger partial charge is 0.478 e. The smallest absolute Gasteiger partial charge is 0.222 e. The van der Waals surface area contributed by atoms with Gasteiger partial charge >= 0.3 is 0 Å². The summed E-state index contributed by atoms with van der Waals surface area (Å²) in [5.74, 6) is 1.20. The monoisotopic (exact) mass is 333 g/mol. The number of rotatable bonds is 6. The Morgan fingerprint density at radius 2 is 2.08 bits per heavy atom. The average molecular weight is 333 g/mol. The molecule has 2 amide bonds. The van der Waals surface area contributed by atoms with E-state index in [1.807, 2.05) is 31.0 Å². The highest BCUT2D eigenvalue weighted by Crippen LogP contribution is 2.22. The first kappa shape index (κ1) is 18.2. The van der Waals surface area contributed by atoms with Crippen LogP contribution in [0.1, 0.15) is 38.7 Å². The fourth-order valence-electron chi connectivity index (χ4n) is 3.01. The van der Waals surface area contributed by atoms with E-state index >= 15 is 0 Å². The molecule has 0 N–H and O–H groups in total. The quantitative estimate of drug-likeness (QED) is 0.800. The van der Waals surface area contributed by atoms with Crippen LogP contribution in [0.3, 0.4) is 0 Å². The van der Waals surface area contributed by atoms with Crippen LogP contribution in [0, 0.1) is 5.92 Å². The number of amides is 2. The molecule has 1 saturated heterocycles. The highest BCUT2D eigenvalue weighted by molar-refractivity contribution is 5.76. The summed E-state index contributed by atoms with van der Waals surface area (Å²) < 4.78 is 5.52. The van der Waals surface area contributed by atoms with E-state index in [1.165, 1.54) is 0 Å². The highest BCUT2D eigenvalue weighted by Gasteiger charge is 2.24. The molecule has 1 aromatic heterocycles. The van der Waals surface area contributed by atoms with Gasteiger partial charge in [-0.2, -0.15) is 0 Å². The van der Waals surface area contributed by atoms with Crippen molar-refractivity contribution in [2.75, 3.05) is 26.7 Å². The first-order valence-corrected chi connectivity index (χ1v) is 8.57. The molecule has 2 rings (SSSR count). The molecule has 0 saturated carbocycles. The van der Waals surface area contributed by atoms with Gasteiger partial charge in [0.2, 0.25) is 17.7 Å². The van der Waals surface area contributed by atoms with Crippen LogP contribution in [0.2, 0.25) is 0 Å². The van der Waals surface area contributed by atoms with E-state index in [-0.39, 0.29) is 11.8 Å². The molecule has 0 aliphatic carbocycles. The van der Waals surface area contributed by atoms with Crippen molar-refractivity contribution in [1.82, 2.24) is 14.8 Å². The molecule has 0 radical (unpaired) electrons. The SMILES string of the molecule is CCOc1ncccc1CN(C)C(=O)CC1CCN(C(C)=O)CC1. The van der Waals surface area contributed by atoms with E-state index in [9.17, 15) is 9.59 Å². The van der Waals surface area contributed by atoms with E-state index in [2.05, 4.69) is 4.98 Å². The van der Waals surface area contributed by atoms with Gasteiger partial charge in [-0.1, -0.05) is 6.07 Å². The number of aromatic nitrogens is 1. The molecule has 0 bridgehead atoms. The molecular formula is C18H27N3O3. The van der Waals surface area contributed by atoms with Crippen LogP contribution in [0.5, 0.6) is 5.88 Å². The van der Waals surface area contributed by atoms with Crippen molar-refractivity contribution in [2.24, 2.45) is 5.92 Å². The predicted octanol–water partition coefficient (Wildman–Crippen LogP) is 2.09. The van der Waals surface area contributed by atoms with Crippen molar-refractivity contribution in [3.8, 4) is 5.88 Å². The number of pyridine rings is 1. The fraction of sp³-hybridized carbons (Fsp3) is 0.611. The Bertz CT molecular complexity index is 568. The minimum atomic E-state index is 0.122. The maximum absolute atomic E-state index is 12.5. The number of carbonyl (C=O) groups is 2. The first-order chi connectivity index (χ1) is 11.5. The summed E-state index contributed by atoms with van der Waals surface area (Å²) in [6.45, 7) is 6.08.